The second-order valence-electron chi connectivity index (χ2n) is 4.14. The number of benzene rings is 1. The maximum Gasteiger partial charge on any atom is 0.289 e. The van der Waals surface area contributed by atoms with Crippen LogP contribution < -0.4 is 5.56 Å². The number of aromatic nitrogens is 1. The van der Waals surface area contributed by atoms with E-state index in [9.17, 15) is 15.1 Å². The summed E-state index contributed by atoms with van der Waals surface area (Å²) >= 11 is 0. The smallest absolute Gasteiger partial charge is 0.289 e. The molecule has 0 atom stereocenters. The van der Waals surface area contributed by atoms with Gasteiger partial charge >= 0.3 is 0 Å². The zero-order valence-electron chi connectivity index (χ0n) is 10.1. The van der Waals surface area contributed by atoms with Gasteiger partial charge in [-0.05, 0) is 12.0 Å². The predicted octanol–water partition coefficient (Wildman–Crippen LogP) is 2.41. The van der Waals surface area contributed by atoms with Crippen LogP contribution in [-0.2, 0) is 6.42 Å². The van der Waals surface area contributed by atoms with Gasteiger partial charge in [-0.3, -0.25) is 4.79 Å². The zero-order chi connectivity index (χ0) is 13.1. The van der Waals surface area contributed by atoms with Gasteiger partial charge in [0.25, 0.3) is 5.56 Å². The number of rotatable bonds is 3. The van der Waals surface area contributed by atoms with Gasteiger partial charge in [-0.2, -0.15) is 4.73 Å². The Morgan fingerprint density at radius 2 is 1.89 bits per heavy atom. The molecular weight excluding hydrogens is 230 g/mol. The molecule has 0 spiro atoms. The van der Waals surface area contributed by atoms with Gasteiger partial charge in [-0.1, -0.05) is 43.7 Å². The standard InChI is InChI=1S/C14H15NO3/c1-2-6-11-13(16)12(9-15(18)14(11)17)10-7-4-3-5-8-10/h3-5,7-9,16,18H,2,6H2,1H3. The van der Waals surface area contributed by atoms with Gasteiger partial charge in [0.05, 0.1) is 11.8 Å². The SMILES string of the molecule is CCCc1c(O)c(-c2ccccc2)cn(O)c1=O. The van der Waals surface area contributed by atoms with E-state index in [1.807, 2.05) is 37.3 Å². The van der Waals surface area contributed by atoms with E-state index >= 15 is 0 Å². The van der Waals surface area contributed by atoms with Crippen molar-refractivity contribution in [1.29, 1.82) is 0 Å². The first-order valence-corrected chi connectivity index (χ1v) is 5.87. The van der Waals surface area contributed by atoms with E-state index in [4.69, 9.17) is 0 Å². The van der Waals surface area contributed by atoms with Crippen LogP contribution in [0.1, 0.15) is 18.9 Å². The Morgan fingerprint density at radius 3 is 2.50 bits per heavy atom. The van der Waals surface area contributed by atoms with Crippen LogP contribution in [0.3, 0.4) is 0 Å². The lowest BCUT2D eigenvalue weighted by atomic mass is 10.0. The lowest BCUT2D eigenvalue weighted by Gasteiger charge is -2.10. The van der Waals surface area contributed by atoms with Crippen LogP contribution in [0.5, 0.6) is 5.75 Å². The molecule has 4 heteroatoms. The Hall–Kier alpha value is -2.23. The summed E-state index contributed by atoms with van der Waals surface area (Å²) in [5.74, 6) is -0.0432. The lowest BCUT2D eigenvalue weighted by molar-refractivity contribution is 0.173. The molecule has 2 aromatic rings. The highest BCUT2D eigenvalue weighted by Gasteiger charge is 2.15. The van der Waals surface area contributed by atoms with Crippen molar-refractivity contribution in [3.8, 4) is 16.9 Å². The second-order valence-corrected chi connectivity index (χ2v) is 4.14. The minimum atomic E-state index is -0.561. The van der Waals surface area contributed by atoms with Crippen LogP contribution in [-0.4, -0.2) is 15.0 Å². The molecule has 0 saturated heterocycles. The Kier molecular flexibility index (Phi) is 3.37. The quantitative estimate of drug-likeness (QED) is 0.816. The fraction of sp³-hybridized carbons (Fsp3) is 0.214. The first kappa shape index (κ1) is 12.2. The van der Waals surface area contributed by atoms with E-state index < -0.39 is 5.56 Å². The minimum absolute atomic E-state index is 0.0432. The molecule has 0 radical (unpaired) electrons. The number of nitrogens with zero attached hydrogens (tertiary/aromatic N) is 1. The van der Waals surface area contributed by atoms with E-state index in [1.54, 1.807) is 0 Å². The molecule has 1 aromatic heterocycles. The summed E-state index contributed by atoms with van der Waals surface area (Å²) in [7, 11) is 0. The highest BCUT2D eigenvalue weighted by molar-refractivity contribution is 5.70. The maximum absolute atomic E-state index is 11.7. The summed E-state index contributed by atoms with van der Waals surface area (Å²) in [6.07, 6.45) is 2.40. The maximum atomic E-state index is 11.7. The summed E-state index contributed by atoms with van der Waals surface area (Å²) in [4.78, 5) is 11.7. The van der Waals surface area contributed by atoms with E-state index in [0.717, 1.165) is 12.0 Å². The molecular formula is C14H15NO3. The molecule has 0 saturated carbocycles. The van der Waals surface area contributed by atoms with Crippen molar-refractivity contribution in [3.05, 3.63) is 52.4 Å². The van der Waals surface area contributed by atoms with Crippen LogP contribution in [0.4, 0.5) is 0 Å². The van der Waals surface area contributed by atoms with Gasteiger partial charge in [0.15, 0.2) is 0 Å². The van der Waals surface area contributed by atoms with Crippen LogP contribution in [0.25, 0.3) is 11.1 Å². The first-order chi connectivity index (χ1) is 8.65. The average molecular weight is 245 g/mol. The predicted molar refractivity (Wildman–Crippen MR) is 69.0 cm³/mol. The molecule has 1 aromatic carbocycles. The molecule has 0 aliphatic rings. The van der Waals surface area contributed by atoms with E-state index in [1.165, 1.54) is 6.20 Å². The van der Waals surface area contributed by atoms with Crippen molar-refractivity contribution in [2.75, 3.05) is 0 Å². The van der Waals surface area contributed by atoms with Gasteiger partial charge in [0.1, 0.15) is 5.75 Å². The number of pyridine rings is 1. The molecule has 94 valence electrons. The normalized spacial score (nSPS) is 10.5. The zero-order valence-corrected chi connectivity index (χ0v) is 10.1. The Balaban J connectivity index is 2.66. The average Bonchev–Trinajstić information content (AvgIpc) is 2.40. The Morgan fingerprint density at radius 1 is 1.22 bits per heavy atom. The first-order valence-electron chi connectivity index (χ1n) is 5.87. The van der Waals surface area contributed by atoms with Gasteiger partial charge in [0.2, 0.25) is 0 Å². The molecule has 0 fully saturated rings. The molecule has 4 nitrogen and oxygen atoms in total. The fourth-order valence-corrected chi connectivity index (χ4v) is 1.95. The topological polar surface area (TPSA) is 62.5 Å². The highest BCUT2D eigenvalue weighted by atomic mass is 16.5. The molecule has 2 rings (SSSR count). The largest absolute Gasteiger partial charge is 0.507 e. The third-order valence-electron chi connectivity index (χ3n) is 2.84. The van der Waals surface area contributed by atoms with Gasteiger partial charge in [-0.15, -0.1) is 0 Å². The summed E-state index contributed by atoms with van der Waals surface area (Å²) < 4.78 is 0.535. The molecule has 1 heterocycles. The van der Waals surface area contributed by atoms with Gasteiger partial charge in [0, 0.05) is 5.56 Å². The third kappa shape index (κ3) is 2.09. The summed E-state index contributed by atoms with van der Waals surface area (Å²) in [5.41, 5.74) is 0.909. The molecule has 2 N–H and O–H groups in total. The Labute approximate surface area is 105 Å². The van der Waals surface area contributed by atoms with Crippen molar-refractivity contribution in [2.24, 2.45) is 0 Å². The van der Waals surface area contributed by atoms with E-state index in [-0.39, 0.29) is 11.3 Å². The third-order valence-corrected chi connectivity index (χ3v) is 2.84. The monoisotopic (exact) mass is 245 g/mol. The van der Waals surface area contributed by atoms with Crippen molar-refractivity contribution >= 4 is 0 Å². The summed E-state index contributed by atoms with van der Waals surface area (Å²) in [6.45, 7) is 1.91. The second kappa shape index (κ2) is 4.96. The number of aromatic hydroxyl groups is 1. The summed E-state index contributed by atoms with van der Waals surface area (Å²) in [5, 5.41) is 19.7. The molecule has 18 heavy (non-hydrogen) atoms. The van der Waals surface area contributed by atoms with Crippen molar-refractivity contribution in [2.45, 2.75) is 19.8 Å². The minimum Gasteiger partial charge on any atom is -0.507 e. The molecule has 0 amide bonds. The van der Waals surface area contributed by atoms with E-state index in [0.29, 0.717) is 16.7 Å². The van der Waals surface area contributed by atoms with Crippen molar-refractivity contribution in [3.63, 3.8) is 0 Å². The molecule has 0 aliphatic carbocycles. The van der Waals surface area contributed by atoms with Gasteiger partial charge < -0.3 is 10.3 Å². The van der Waals surface area contributed by atoms with Crippen molar-refractivity contribution in [1.82, 2.24) is 4.73 Å². The van der Waals surface area contributed by atoms with Crippen LogP contribution >= 0.6 is 0 Å². The highest BCUT2D eigenvalue weighted by Crippen LogP contribution is 2.30. The van der Waals surface area contributed by atoms with Crippen LogP contribution in [0, 0.1) is 0 Å². The number of hydrogen-bond acceptors (Lipinski definition) is 3. The lowest BCUT2D eigenvalue weighted by Crippen LogP contribution is -2.21. The molecule has 0 aliphatic heterocycles. The van der Waals surface area contributed by atoms with Gasteiger partial charge in [-0.25, -0.2) is 0 Å². The molecule has 0 unspecified atom stereocenters. The molecule has 0 bridgehead atoms. The van der Waals surface area contributed by atoms with E-state index in [2.05, 4.69) is 0 Å². The Bertz CT molecular complexity index is 602. The fourth-order valence-electron chi connectivity index (χ4n) is 1.95. The summed E-state index contributed by atoms with van der Waals surface area (Å²) in [6, 6.07) is 9.16. The van der Waals surface area contributed by atoms with Crippen LogP contribution in [0.2, 0.25) is 0 Å². The number of hydrogen-bond donors (Lipinski definition) is 2. The van der Waals surface area contributed by atoms with Crippen LogP contribution in [0.15, 0.2) is 41.3 Å². The van der Waals surface area contributed by atoms with Crippen molar-refractivity contribution < 1.29 is 10.3 Å².